The lowest BCUT2D eigenvalue weighted by molar-refractivity contribution is 0.193. The highest BCUT2D eigenvalue weighted by molar-refractivity contribution is 4.95. The Labute approximate surface area is 90.7 Å². The normalized spacial score (nSPS) is 11.2. The predicted molar refractivity (Wildman–Crippen MR) is 61.9 cm³/mol. The van der Waals surface area contributed by atoms with Crippen molar-refractivity contribution in [2.24, 2.45) is 0 Å². The molecule has 0 heterocycles. The topological polar surface area (TPSA) is 49.7 Å². The average molecular weight is 210 g/mol. The first-order chi connectivity index (χ1) is 7.13. The van der Waals surface area contributed by atoms with Crippen LogP contribution in [-0.4, -0.2) is 23.4 Å². The molecule has 0 atom stereocenters. The molecule has 2 N–H and O–H groups in total. The van der Waals surface area contributed by atoms with Crippen molar-refractivity contribution in [3.8, 4) is 0 Å². The van der Waals surface area contributed by atoms with E-state index in [1.807, 2.05) is 12.2 Å². The molecule has 0 saturated heterocycles. The fraction of sp³-hybridized carbons (Fsp3) is 0.333. The van der Waals surface area contributed by atoms with Crippen LogP contribution in [0.2, 0.25) is 0 Å². The van der Waals surface area contributed by atoms with Gasteiger partial charge in [-0.3, -0.25) is 0 Å². The van der Waals surface area contributed by atoms with E-state index in [9.17, 15) is 0 Å². The first-order valence-electron chi connectivity index (χ1n) is 4.74. The molecule has 3 nitrogen and oxygen atoms in total. The van der Waals surface area contributed by atoms with Crippen LogP contribution in [0, 0.1) is 0 Å². The molecule has 0 bridgehead atoms. The van der Waals surface area contributed by atoms with E-state index in [-0.39, 0.29) is 11.5 Å². The van der Waals surface area contributed by atoms with Gasteiger partial charge in [-0.2, -0.15) is 0 Å². The summed E-state index contributed by atoms with van der Waals surface area (Å²) in [6.07, 6.45) is 8.15. The third-order valence-electron chi connectivity index (χ3n) is 1.47. The van der Waals surface area contributed by atoms with Crippen molar-refractivity contribution in [3.05, 3.63) is 49.0 Å². The largest absolute Gasteiger partial charge is 0.513 e. The Morgan fingerprint density at radius 3 is 1.60 bits per heavy atom. The number of aliphatic hydroxyl groups is 2. The summed E-state index contributed by atoms with van der Waals surface area (Å²) in [5.41, 5.74) is 0. The lowest BCUT2D eigenvalue weighted by atomic mass is 10.3. The van der Waals surface area contributed by atoms with Gasteiger partial charge in [0.2, 0.25) is 0 Å². The second-order valence-electron chi connectivity index (χ2n) is 3.02. The Morgan fingerprint density at radius 2 is 1.27 bits per heavy atom. The molecule has 0 fully saturated rings. The predicted octanol–water partition coefficient (Wildman–Crippen LogP) is 3.04. The number of rotatable bonds is 8. The summed E-state index contributed by atoms with van der Waals surface area (Å²) in [4.78, 5) is 0. The quantitative estimate of drug-likeness (QED) is 0.368. The molecule has 0 saturated carbocycles. The molecule has 0 aliphatic rings. The molecule has 0 aromatic carbocycles. The molecule has 0 rings (SSSR count). The van der Waals surface area contributed by atoms with E-state index in [1.54, 1.807) is 12.2 Å². The van der Waals surface area contributed by atoms with Crippen LogP contribution >= 0.6 is 0 Å². The minimum atomic E-state index is 0.146. The highest BCUT2D eigenvalue weighted by atomic mass is 16.5. The van der Waals surface area contributed by atoms with E-state index < -0.39 is 0 Å². The van der Waals surface area contributed by atoms with E-state index in [4.69, 9.17) is 14.9 Å². The molecular weight excluding hydrogens is 192 g/mol. The van der Waals surface area contributed by atoms with Crippen LogP contribution in [0.3, 0.4) is 0 Å². The van der Waals surface area contributed by atoms with Gasteiger partial charge in [0.05, 0.1) is 24.7 Å². The van der Waals surface area contributed by atoms with Crippen molar-refractivity contribution in [1.82, 2.24) is 0 Å². The van der Waals surface area contributed by atoms with E-state index in [2.05, 4.69) is 13.2 Å². The third-order valence-corrected chi connectivity index (χ3v) is 1.47. The van der Waals surface area contributed by atoms with Gasteiger partial charge in [-0.15, -0.1) is 0 Å². The van der Waals surface area contributed by atoms with Crippen molar-refractivity contribution in [3.63, 3.8) is 0 Å². The van der Waals surface area contributed by atoms with Gasteiger partial charge in [0.1, 0.15) is 0 Å². The molecule has 0 aliphatic heterocycles. The van der Waals surface area contributed by atoms with Crippen LogP contribution in [0.1, 0.15) is 12.8 Å². The summed E-state index contributed by atoms with van der Waals surface area (Å²) in [7, 11) is 0. The summed E-state index contributed by atoms with van der Waals surface area (Å²) in [5.74, 6) is 0.292. The zero-order chi connectivity index (χ0) is 11.5. The molecule has 0 amide bonds. The van der Waals surface area contributed by atoms with Crippen LogP contribution < -0.4 is 0 Å². The van der Waals surface area contributed by atoms with Gasteiger partial charge >= 0.3 is 0 Å². The molecule has 3 heteroatoms. The van der Waals surface area contributed by atoms with Crippen LogP contribution in [0.5, 0.6) is 0 Å². The zero-order valence-electron chi connectivity index (χ0n) is 8.85. The summed E-state index contributed by atoms with van der Waals surface area (Å²) in [6.45, 7) is 7.70. The lowest BCUT2D eigenvalue weighted by Gasteiger charge is -1.95. The van der Waals surface area contributed by atoms with Crippen molar-refractivity contribution in [2.45, 2.75) is 12.8 Å². The van der Waals surface area contributed by atoms with E-state index in [0.717, 1.165) is 0 Å². The maximum atomic E-state index is 8.75. The molecule has 0 radical (unpaired) electrons. The third kappa shape index (κ3) is 12.5. The van der Waals surface area contributed by atoms with Gasteiger partial charge in [-0.05, 0) is 0 Å². The zero-order valence-corrected chi connectivity index (χ0v) is 8.85. The molecule has 84 valence electrons. The van der Waals surface area contributed by atoms with Crippen molar-refractivity contribution in [2.75, 3.05) is 13.2 Å². The van der Waals surface area contributed by atoms with Crippen molar-refractivity contribution in [1.29, 1.82) is 0 Å². The Balaban J connectivity index is 3.31. The van der Waals surface area contributed by atoms with Crippen molar-refractivity contribution < 1.29 is 14.9 Å². The van der Waals surface area contributed by atoms with Crippen LogP contribution in [-0.2, 0) is 4.74 Å². The summed E-state index contributed by atoms with van der Waals surface area (Å²) < 4.78 is 5.20. The molecule has 0 aliphatic carbocycles. The lowest BCUT2D eigenvalue weighted by Crippen LogP contribution is -1.90. The molecular formula is C12H18O3. The standard InChI is InChI=1S/C12H18O3/c1-11(13)7-3-5-9-15-10-6-4-8-12(2)14/h3-6,13-14H,1-2,7-10H2. The first-order valence-corrected chi connectivity index (χ1v) is 4.74. The van der Waals surface area contributed by atoms with Crippen molar-refractivity contribution >= 4 is 0 Å². The maximum Gasteiger partial charge on any atom is 0.0888 e. The fourth-order valence-electron chi connectivity index (χ4n) is 0.779. The minimum absolute atomic E-state index is 0.146. The fourth-order valence-corrected chi connectivity index (χ4v) is 0.779. The van der Waals surface area contributed by atoms with E-state index in [0.29, 0.717) is 26.1 Å². The van der Waals surface area contributed by atoms with Gasteiger partial charge in [-0.1, -0.05) is 37.5 Å². The van der Waals surface area contributed by atoms with Crippen LogP contribution in [0.4, 0.5) is 0 Å². The Kier molecular flexibility index (Phi) is 8.19. The monoisotopic (exact) mass is 210 g/mol. The highest BCUT2D eigenvalue weighted by Crippen LogP contribution is 1.94. The Bertz CT molecular complexity index is 226. The second kappa shape index (κ2) is 9.09. The Hall–Kier alpha value is -1.48. The summed E-state index contributed by atoms with van der Waals surface area (Å²) in [5, 5.41) is 17.5. The smallest absolute Gasteiger partial charge is 0.0888 e. The first kappa shape index (κ1) is 13.5. The van der Waals surface area contributed by atoms with Gasteiger partial charge in [0, 0.05) is 12.8 Å². The molecule has 0 spiro atoms. The second-order valence-corrected chi connectivity index (χ2v) is 3.02. The molecule has 0 aromatic rings. The molecule has 0 aromatic heterocycles. The van der Waals surface area contributed by atoms with Gasteiger partial charge in [-0.25, -0.2) is 0 Å². The number of ether oxygens (including phenoxy) is 1. The van der Waals surface area contributed by atoms with Crippen LogP contribution in [0.15, 0.2) is 49.0 Å². The highest BCUT2D eigenvalue weighted by Gasteiger charge is 1.83. The number of hydrogen-bond acceptors (Lipinski definition) is 3. The summed E-state index contributed by atoms with van der Waals surface area (Å²) >= 11 is 0. The summed E-state index contributed by atoms with van der Waals surface area (Å²) in [6, 6.07) is 0. The minimum Gasteiger partial charge on any atom is -0.513 e. The van der Waals surface area contributed by atoms with Gasteiger partial charge in [0.15, 0.2) is 0 Å². The average Bonchev–Trinajstić information content (AvgIpc) is 2.14. The van der Waals surface area contributed by atoms with E-state index in [1.165, 1.54) is 0 Å². The van der Waals surface area contributed by atoms with E-state index >= 15 is 0 Å². The Morgan fingerprint density at radius 1 is 0.867 bits per heavy atom. The van der Waals surface area contributed by atoms with Crippen LogP contribution in [0.25, 0.3) is 0 Å². The molecule has 0 unspecified atom stereocenters. The SMILES string of the molecule is C=C(O)CC=CCOCC=CCC(=C)O. The molecule has 15 heavy (non-hydrogen) atoms. The number of allylic oxidation sites excluding steroid dienone is 2. The number of aliphatic hydroxyl groups excluding tert-OH is 2. The number of hydrogen-bond donors (Lipinski definition) is 2. The maximum absolute atomic E-state index is 8.75. The van der Waals surface area contributed by atoms with Gasteiger partial charge in [0.25, 0.3) is 0 Å². The van der Waals surface area contributed by atoms with Gasteiger partial charge < -0.3 is 14.9 Å².